The van der Waals surface area contributed by atoms with E-state index in [1.807, 2.05) is 0 Å². The maximum Gasteiger partial charge on any atom is -0.0137 e. The minimum atomic E-state index is 0.839. The van der Waals surface area contributed by atoms with Gasteiger partial charge in [-0.25, -0.2) is 0 Å². The quantitative estimate of drug-likeness (QED) is 0.608. The zero-order valence-corrected chi connectivity index (χ0v) is 14.1. The number of hydrogen-bond acceptors (Lipinski definition) is 0. The maximum atomic E-state index is 2.42. The average Bonchev–Trinajstić information content (AvgIpc) is 2.92. The normalized spacial score (nSPS) is 23.1. The lowest BCUT2D eigenvalue weighted by Crippen LogP contribution is -2.24. The van der Waals surface area contributed by atoms with Gasteiger partial charge in [0.05, 0.1) is 0 Å². The van der Waals surface area contributed by atoms with E-state index in [1.54, 1.807) is 10.5 Å². The minimum absolute atomic E-state index is 0.839. The second-order valence-corrected chi connectivity index (χ2v) is 7.69. The van der Waals surface area contributed by atoms with Crippen LogP contribution in [-0.2, 0) is 0 Å². The molecule has 0 saturated heterocycles. The highest BCUT2D eigenvalue weighted by molar-refractivity contribution is 7.58. The van der Waals surface area contributed by atoms with Gasteiger partial charge in [0.2, 0.25) is 0 Å². The molecule has 0 aromatic heterocycles. The fourth-order valence-corrected chi connectivity index (χ4v) is 5.13. The molecular formula is C20H28P. The van der Waals surface area contributed by atoms with Gasteiger partial charge in [-0.15, -0.1) is 0 Å². The molecule has 0 amide bonds. The van der Waals surface area contributed by atoms with Crippen molar-refractivity contribution in [1.82, 2.24) is 0 Å². The lowest BCUT2D eigenvalue weighted by atomic mass is 9.91. The van der Waals surface area contributed by atoms with Crippen molar-refractivity contribution in [3.05, 3.63) is 34.7 Å². The molecule has 113 valence electrons. The predicted octanol–water partition coefficient (Wildman–Crippen LogP) is 5.41. The predicted molar refractivity (Wildman–Crippen MR) is 94.8 cm³/mol. The third-order valence-corrected chi connectivity index (χ3v) is 6.36. The Morgan fingerprint density at radius 3 is 1.95 bits per heavy atom. The van der Waals surface area contributed by atoms with Gasteiger partial charge in [-0.05, 0) is 48.9 Å². The van der Waals surface area contributed by atoms with Gasteiger partial charge >= 0.3 is 0 Å². The Morgan fingerprint density at radius 1 is 0.714 bits per heavy atom. The van der Waals surface area contributed by atoms with Gasteiger partial charge < -0.3 is 0 Å². The molecule has 1 aromatic carbocycles. The van der Waals surface area contributed by atoms with E-state index in [0.717, 1.165) is 5.92 Å². The lowest BCUT2D eigenvalue weighted by molar-refractivity contribution is 0.460. The van der Waals surface area contributed by atoms with Gasteiger partial charge in [0.25, 0.3) is 0 Å². The smallest absolute Gasteiger partial charge is 0.0137 e. The van der Waals surface area contributed by atoms with Crippen LogP contribution in [0.2, 0.25) is 0 Å². The van der Waals surface area contributed by atoms with E-state index >= 15 is 0 Å². The summed E-state index contributed by atoms with van der Waals surface area (Å²) in [6, 6.07) is 9.01. The molecule has 0 N–H and O–H groups in total. The highest BCUT2D eigenvalue weighted by Gasteiger charge is 2.17. The third-order valence-electron chi connectivity index (χ3n) is 5.07. The van der Waals surface area contributed by atoms with Crippen LogP contribution in [0, 0.1) is 5.92 Å². The van der Waals surface area contributed by atoms with Gasteiger partial charge in [-0.1, -0.05) is 82.1 Å². The van der Waals surface area contributed by atoms with Crippen molar-refractivity contribution in [3.8, 4) is 0 Å². The first kappa shape index (κ1) is 15.3. The summed E-state index contributed by atoms with van der Waals surface area (Å²) in [4.78, 5) is 0. The van der Waals surface area contributed by atoms with Crippen LogP contribution in [0.4, 0.5) is 0 Å². The monoisotopic (exact) mass is 299 g/mol. The second kappa shape index (κ2) is 8.14. The van der Waals surface area contributed by atoms with Crippen LogP contribution in [0.15, 0.2) is 24.3 Å². The van der Waals surface area contributed by atoms with Gasteiger partial charge in [0.1, 0.15) is 0 Å². The number of benzene rings is 1. The number of rotatable bonds is 1. The van der Waals surface area contributed by atoms with E-state index in [-0.39, 0.29) is 0 Å². The van der Waals surface area contributed by atoms with Crippen LogP contribution in [-0.4, -0.2) is 0 Å². The van der Waals surface area contributed by atoms with Crippen molar-refractivity contribution in [3.63, 3.8) is 0 Å². The summed E-state index contributed by atoms with van der Waals surface area (Å²) in [5.74, 6) is 3.26. The molecule has 0 nitrogen and oxygen atoms in total. The van der Waals surface area contributed by atoms with Crippen molar-refractivity contribution in [2.45, 2.75) is 70.6 Å². The molecule has 1 saturated carbocycles. The molecule has 1 heterocycles. The zero-order chi connectivity index (χ0) is 14.3. The summed E-state index contributed by atoms with van der Waals surface area (Å²) >= 11 is 0. The highest BCUT2D eigenvalue weighted by Crippen LogP contribution is 2.39. The summed E-state index contributed by atoms with van der Waals surface area (Å²) in [7, 11) is 1.48. The second-order valence-electron chi connectivity index (χ2n) is 6.69. The van der Waals surface area contributed by atoms with Crippen LogP contribution < -0.4 is 10.4 Å². The van der Waals surface area contributed by atoms with Crippen LogP contribution in [0.1, 0.15) is 70.6 Å². The zero-order valence-electron chi connectivity index (χ0n) is 13.2. The van der Waals surface area contributed by atoms with Crippen molar-refractivity contribution in [2.24, 2.45) is 5.92 Å². The Balaban J connectivity index is 1.74. The molecule has 2 aliphatic rings. The van der Waals surface area contributed by atoms with Gasteiger partial charge in [-0.3, -0.25) is 0 Å². The van der Waals surface area contributed by atoms with E-state index in [2.05, 4.69) is 30.1 Å². The molecule has 0 bridgehead atoms. The molecule has 3 rings (SSSR count). The molecular weight excluding hydrogens is 271 g/mol. The van der Waals surface area contributed by atoms with Crippen LogP contribution in [0.5, 0.6) is 0 Å². The molecule has 0 spiro atoms. The minimum Gasteiger partial charge on any atom is -0.0616 e. The van der Waals surface area contributed by atoms with E-state index in [1.165, 1.54) is 84.4 Å². The van der Waals surface area contributed by atoms with Crippen LogP contribution in [0.25, 0.3) is 11.1 Å². The Kier molecular flexibility index (Phi) is 5.92. The molecule has 0 unspecified atom stereocenters. The summed E-state index contributed by atoms with van der Waals surface area (Å²) in [6.07, 6.45) is 15.9. The van der Waals surface area contributed by atoms with E-state index in [4.69, 9.17) is 0 Å². The lowest BCUT2D eigenvalue weighted by Gasteiger charge is -2.19. The molecule has 21 heavy (non-hydrogen) atoms. The summed E-state index contributed by atoms with van der Waals surface area (Å²) < 4.78 is 0. The summed E-state index contributed by atoms with van der Waals surface area (Å²) in [5.41, 5.74) is 0. The van der Waals surface area contributed by atoms with E-state index in [0.29, 0.717) is 0 Å². The van der Waals surface area contributed by atoms with Crippen molar-refractivity contribution in [1.29, 1.82) is 0 Å². The van der Waals surface area contributed by atoms with Crippen LogP contribution in [0.3, 0.4) is 0 Å². The largest absolute Gasteiger partial charge is 0.0616 e. The standard InChI is InChI=1S/C20H28P/c1-2-4-6-8-12-17(13-9-7-5-3-1)20-19-15-11-10-14-18(19)16-21-20/h10-11,14-17H,1-9,12-13H2. The molecule has 1 fully saturated rings. The first-order valence-corrected chi connectivity index (χ1v) is 9.92. The maximum absolute atomic E-state index is 2.42. The van der Waals surface area contributed by atoms with E-state index in [9.17, 15) is 0 Å². The molecule has 1 aromatic rings. The Morgan fingerprint density at radius 2 is 1.29 bits per heavy atom. The molecule has 1 heteroatoms. The topological polar surface area (TPSA) is 0 Å². The highest BCUT2D eigenvalue weighted by atomic mass is 31.1. The Bertz CT molecular complexity index is 545. The van der Waals surface area contributed by atoms with Gasteiger partial charge in [0, 0.05) is 0 Å². The molecule has 0 atom stereocenters. The molecule has 1 aliphatic heterocycles. The van der Waals surface area contributed by atoms with E-state index < -0.39 is 0 Å². The molecule has 1 radical (unpaired) electrons. The van der Waals surface area contributed by atoms with Crippen molar-refractivity contribution < 1.29 is 0 Å². The molecule has 1 aliphatic carbocycles. The SMILES string of the molecule is C1=c2ccccc2=C(C2CCCCCCCCCCC2)[P]1. The summed E-state index contributed by atoms with van der Waals surface area (Å²) in [5, 5.41) is 4.75. The van der Waals surface area contributed by atoms with Crippen molar-refractivity contribution in [2.75, 3.05) is 0 Å². The van der Waals surface area contributed by atoms with Gasteiger partial charge in [-0.2, -0.15) is 0 Å². The van der Waals surface area contributed by atoms with Gasteiger partial charge in [0.15, 0.2) is 0 Å². The number of fused-ring (bicyclic) bond motifs is 1. The Labute approximate surface area is 131 Å². The first-order valence-electron chi connectivity index (χ1n) is 8.95. The van der Waals surface area contributed by atoms with Crippen LogP contribution >= 0.6 is 8.58 Å². The Hall–Kier alpha value is -0.610. The fraction of sp³-hybridized carbons (Fsp3) is 0.600. The number of hydrogen-bond donors (Lipinski definition) is 0. The van der Waals surface area contributed by atoms with Crippen molar-refractivity contribution >= 4 is 19.7 Å². The first-order chi connectivity index (χ1) is 10.4. The summed E-state index contributed by atoms with van der Waals surface area (Å²) in [6.45, 7) is 0. The fourth-order valence-electron chi connectivity index (χ4n) is 3.81. The third kappa shape index (κ3) is 4.19. The average molecular weight is 299 g/mol.